The van der Waals surface area contributed by atoms with Gasteiger partial charge < -0.3 is 4.48 Å². The molecule has 0 bridgehead atoms. The third-order valence-corrected chi connectivity index (χ3v) is 6.36. The highest BCUT2D eigenvalue weighted by Gasteiger charge is 2.54. The van der Waals surface area contributed by atoms with Crippen LogP contribution in [0.25, 0.3) is 0 Å². The topological polar surface area (TPSA) is 0 Å². The van der Waals surface area contributed by atoms with Crippen molar-refractivity contribution >= 4 is 0 Å². The second kappa shape index (κ2) is 3.85. The lowest BCUT2D eigenvalue weighted by Crippen LogP contribution is -2.67. The normalized spacial score (nSPS) is 45.7. The number of piperidine rings is 1. The molecule has 1 aliphatic carbocycles. The van der Waals surface area contributed by atoms with Gasteiger partial charge >= 0.3 is 0 Å². The maximum absolute atomic E-state index is 2.58. The van der Waals surface area contributed by atoms with E-state index < -0.39 is 0 Å². The molecule has 0 amide bonds. The summed E-state index contributed by atoms with van der Waals surface area (Å²) in [7, 11) is 2.55. The summed E-state index contributed by atoms with van der Waals surface area (Å²) in [6.45, 7) is 7.80. The van der Waals surface area contributed by atoms with E-state index in [4.69, 9.17) is 0 Å². The van der Waals surface area contributed by atoms with Crippen LogP contribution in [0.2, 0.25) is 0 Å². The molecule has 17 heavy (non-hydrogen) atoms. The number of hydrogen-bond acceptors (Lipinski definition) is 0. The molecule has 1 heteroatoms. The van der Waals surface area contributed by atoms with Gasteiger partial charge in [-0.1, -0.05) is 12.5 Å². The number of rotatable bonds is 1. The van der Waals surface area contributed by atoms with Crippen molar-refractivity contribution in [3.63, 3.8) is 0 Å². The third kappa shape index (κ3) is 1.54. The molecule has 2 heterocycles. The molecular formula is C16H28N+. The molecule has 0 N–H and O–H groups in total. The Bertz CT molecular complexity index is 357. The van der Waals surface area contributed by atoms with Crippen molar-refractivity contribution < 1.29 is 4.48 Å². The Balaban J connectivity index is 1.96. The smallest absolute Gasteiger partial charge is 0.118 e. The fourth-order valence-electron chi connectivity index (χ4n) is 4.88. The summed E-state index contributed by atoms with van der Waals surface area (Å²) >= 11 is 0. The molecule has 1 nitrogen and oxygen atoms in total. The molecule has 0 aromatic heterocycles. The van der Waals surface area contributed by atoms with Crippen molar-refractivity contribution in [3.05, 3.63) is 11.1 Å². The van der Waals surface area contributed by atoms with Crippen LogP contribution in [0.5, 0.6) is 0 Å². The van der Waals surface area contributed by atoms with Gasteiger partial charge in [-0.3, -0.25) is 0 Å². The van der Waals surface area contributed by atoms with Crippen LogP contribution in [-0.4, -0.2) is 30.2 Å². The molecule has 0 radical (unpaired) electrons. The fourth-order valence-corrected chi connectivity index (χ4v) is 4.88. The predicted octanol–water partition coefficient (Wildman–Crippen LogP) is 3.90. The Hall–Kier alpha value is -0.300. The summed E-state index contributed by atoms with van der Waals surface area (Å²) in [5.74, 6) is 0.983. The first-order valence-electron chi connectivity index (χ1n) is 7.65. The van der Waals surface area contributed by atoms with Gasteiger partial charge in [0.1, 0.15) is 5.54 Å². The average Bonchev–Trinajstić information content (AvgIpc) is 2.79. The highest BCUT2D eigenvalue weighted by Crippen LogP contribution is 2.51. The lowest BCUT2D eigenvalue weighted by molar-refractivity contribution is -0.961. The molecule has 0 saturated carbocycles. The van der Waals surface area contributed by atoms with Crippen molar-refractivity contribution in [2.24, 2.45) is 5.92 Å². The molecular weight excluding hydrogens is 206 g/mol. The SMILES string of the molecule is CC[C@H]1CC[C@]2(C)C3=C(CCC3)CC[N@@+]2(C)C1. The second-order valence-electron chi connectivity index (χ2n) is 7.07. The van der Waals surface area contributed by atoms with Crippen molar-refractivity contribution in [1.29, 1.82) is 0 Å². The Morgan fingerprint density at radius 3 is 2.88 bits per heavy atom. The van der Waals surface area contributed by atoms with E-state index in [-0.39, 0.29) is 0 Å². The largest absolute Gasteiger partial charge is 0.317 e. The number of hydrogen-bond donors (Lipinski definition) is 0. The Morgan fingerprint density at radius 1 is 1.29 bits per heavy atom. The van der Waals surface area contributed by atoms with E-state index in [0.717, 1.165) is 5.92 Å². The zero-order valence-corrected chi connectivity index (χ0v) is 11.9. The fraction of sp³-hybridized carbons (Fsp3) is 0.875. The van der Waals surface area contributed by atoms with E-state index in [1.54, 1.807) is 0 Å². The molecule has 2 aliphatic heterocycles. The van der Waals surface area contributed by atoms with Crippen LogP contribution < -0.4 is 0 Å². The minimum Gasteiger partial charge on any atom is -0.317 e. The summed E-state index contributed by atoms with van der Waals surface area (Å²) in [6.07, 6.45) is 9.97. The van der Waals surface area contributed by atoms with Crippen LogP contribution in [0.1, 0.15) is 58.8 Å². The maximum atomic E-state index is 2.58. The Morgan fingerprint density at radius 2 is 2.12 bits per heavy atom. The van der Waals surface area contributed by atoms with Gasteiger partial charge in [-0.15, -0.1) is 0 Å². The van der Waals surface area contributed by atoms with E-state index in [1.807, 2.05) is 11.1 Å². The highest BCUT2D eigenvalue weighted by molar-refractivity contribution is 5.30. The van der Waals surface area contributed by atoms with Crippen LogP contribution in [0.15, 0.2) is 11.1 Å². The van der Waals surface area contributed by atoms with Crippen molar-refractivity contribution in [2.45, 2.75) is 64.3 Å². The van der Waals surface area contributed by atoms with Crippen molar-refractivity contribution in [3.8, 4) is 0 Å². The molecule has 3 rings (SSSR count). The first-order valence-corrected chi connectivity index (χ1v) is 7.65. The van der Waals surface area contributed by atoms with E-state index in [0.29, 0.717) is 5.54 Å². The van der Waals surface area contributed by atoms with Gasteiger partial charge in [-0.05, 0) is 44.6 Å². The highest BCUT2D eigenvalue weighted by atomic mass is 15.4. The summed E-state index contributed by atoms with van der Waals surface area (Å²) in [5.41, 5.74) is 4.26. The van der Waals surface area contributed by atoms with E-state index >= 15 is 0 Å². The first kappa shape index (κ1) is 11.8. The van der Waals surface area contributed by atoms with Gasteiger partial charge in [0.15, 0.2) is 0 Å². The quantitative estimate of drug-likeness (QED) is 0.477. The van der Waals surface area contributed by atoms with Crippen LogP contribution in [0.3, 0.4) is 0 Å². The molecule has 0 spiro atoms. The first-order chi connectivity index (χ1) is 8.09. The van der Waals surface area contributed by atoms with Crippen LogP contribution in [-0.2, 0) is 0 Å². The van der Waals surface area contributed by atoms with Gasteiger partial charge in [-0.25, -0.2) is 0 Å². The van der Waals surface area contributed by atoms with Gasteiger partial charge in [0, 0.05) is 18.8 Å². The third-order valence-electron chi connectivity index (χ3n) is 6.36. The summed E-state index contributed by atoms with van der Waals surface area (Å²) < 4.78 is 1.35. The minimum atomic E-state index is 0.510. The molecule has 3 atom stereocenters. The summed E-state index contributed by atoms with van der Waals surface area (Å²) in [4.78, 5) is 0. The molecule has 0 aromatic carbocycles. The summed E-state index contributed by atoms with van der Waals surface area (Å²) in [6, 6.07) is 0. The molecule has 1 saturated heterocycles. The van der Waals surface area contributed by atoms with Gasteiger partial charge in [0.2, 0.25) is 0 Å². The van der Waals surface area contributed by atoms with Crippen molar-refractivity contribution in [1.82, 2.24) is 0 Å². The van der Waals surface area contributed by atoms with E-state index in [9.17, 15) is 0 Å². The zero-order valence-electron chi connectivity index (χ0n) is 11.9. The molecule has 0 aromatic rings. The number of fused-ring (bicyclic) bond motifs is 2. The number of likely N-dealkylation sites (N-methyl/N-ethyl adjacent to an activating group) is 1. The zero-order chi connectivity index (χ0) is 12.1. The van der Waals surface area contributed by atoms with Gasteiger partial charge in [0.25, 0.3) is 0 Å². The number of nitrogens with zero attached hydrogens (tertiary/aromatic N) is 1. The van der Waals surface area contributed by atoms with Crippen LogP contribution in [0, 0.1) is 5.92 Å². The van der Waals surface area contributed by atoms with Gasteiger partial charge in [-0.2, -0.15) is 0 Å². The van der Waals surface area contributed by atoms with E-state index in [1.165, 1.54) is 62.5 Å². The minimum absolute atomic E-state index is 0.510. The molecule has 1 fully saturated rings. The van der Waals surface area contributed by atoms with Gasteiger partial charge in [0.05, 0.1) is 20.1 Å². The predicted molar refractivity (Wildman–Crippen MR) is 72.8 cm³/mol. The Labute approximate surface area is 106 Å². The molecule has 96 valence electrons. The number of quaternary nitrogens is 1. The lowest BCUT2D eigenvalue weighted by Gasteiger charge is -2.57. The molecule has 0 unspecified atom stereocenters. The van der Waals surface area contributed by atoms with E-state index in [2.05, 4.69) is 20.9 Å². The Kier molecular flexibility index (Phi) is 2.66. The van der Waals surface area contributed by atoms with Crippen molar-refractivity contribution in [2.75, 3.05) is 20.1 Å². The van der Waals surface area contributed by atoms with Crippen LogP contribution in [0.4, 0.5) is 0 Å². The average molecular weight is 234 g/mol. The van der Waals surface area contributed by atoms with Crippen LogP contribution >= 0.6 is 0 Å². The maximum Gasteiger partial charge on any atom is 0.118 e. The second-order valence-corrected chi connectivity index (χ2v) is 7.07. The lowest BCUT2D eigenvalue weighted by atomic mass is 9.72. The standard InChI is InChI=1S/C16H28N/c1-4-13-8-10-16(2)15-7-5-6-14(15)9-11-17(16,3)12-13/h13H,4-12H2,1-3H3/q+1/t13-,16+,17-/m0/s1. The summed E-state index contributed by atoms with van der Waals surface area (Å²) in [5, 5.41) is 0. The monoisotopic (exact) mass is 234 g/mol. The molecule has 3 aliphatic rings.